The van der Waals surface area contributed by atoms with Gasteiger partial charge in [-0.15, -0.1) is 0 Å². The van der Waals surface area contributed by atoms with Crippen molar-refractivity contribution in [1.29, 1.82) is 0 Å². The molecule has 0 radical (unpaired) electrons. The Kier molecular flexibility index (Phi) is 6.86. The van der Waals surface area contributed by atoms with Crippen LogP contribution in [0.3, 0.4) is 0 Å². The largest absolute Gasteiger partial charge is 0.357 e. The van der Waals surface area contributed by atoms with Crippen LogP contribution in [0.2, 0.25) is 0 Å². The number of piperidine rings is 1. The summed E-state index contributed by atoms with van der Waals surface area (Å²) in [6.45, 7) is 0.798. The lowest BCUT2D eigenvalue weighted by molar-refractivity contribution is -0.131. The SMILES string of the molecule is CNC(=O)C(NC(=O)C1CCN(C(=O)c2cccc3ccccc23)CC1)c1ccc(F)c(F)c1. The summed E-state index contributed by atoms with van der Waals surface area (Å²) in [6.07, 6.45) is 0.862. The van der Waals surface area contributed by atoms with Gasteiger partial charge in [-0.05, 0) is 47.4 Å². The van der Waals surface area contributed by atoms with Crippen LogP contribution >= 0.6 is 0 Å². The Bertz CT molecular complexity index is 1230. The highest BCUT2D eigenvalue weighted by atomic mass is 19.2. The molecule has 1 fully saturated rings. The number of likely N-dealkylation sites (N-methyl/N-ethyl adjacent to an activating group) is 1. The normalized spacial score (nSPS) is 15.1. The summed E-state index contributed by atoms with van der Waals surface area (Å²) in [7, 11) is 1.40. The maximum atomic E-state index is 13.7. The number of amides is 3. The summed E-state index contributed by atoms with van der Waals surface area (Å²) in [5, 5.41) is 6.96. The molecule has 34 heavy (non-hydrogen) atoms. The Labute approximate surface area is 195 Å². The van der Waals surface area contributed by atoms with E-state index in [-0.39, 0.29) is 17.4 Å². The van der Waals surface area contributed by atoms with Crippen LogP contribution in [0, 0.1) is 17.6 Å². The van der Waals surface area contributed by atoms with E-state index >= 15 is 0 Å². The van der Waals surface area contributed by atoms with Crippen molar-refractivity contribution in [3.8, 4) is 0 Å². The molecule has 6 nitrogen and oxygen atoms in total. The molecule has 2 N–H and O–H groups in total. The minimum atomic E-state index is -1.15. The van der Waals surface area contributed by atoms with E-state index in [0.717, 1.165) is 22.9 Å². The fraction of sp³-hybridized carbons (Fsp3) is 0.269. The molecule has 176 valence electrons. The lowest BCUT2D eigenvalue weighted by Gasteiger charge is -2.32. The minimum Gasteiger partial charge on any atom is -0.357 e. The second-order valence-corrected chi connectivity index (χ2v) is 8.32. The summed E-state index contributed by atoms with van der Waals surface area (Å²) in [4.78, 5) is 40.1. The summed E-state index contributed by atoms with van der Waals surface area (Å²) in [5.74, 6) is -3.52. The van der Waals surface area contributed by atoms with Crippen LogP contribution in [0.15, 0.2) is 60.7 Å². The lowest BCUT2D eigenvalue weighted by atomic mass is 9.94. The average molecular weight is 466 g/mol. The van der Waals surface area contributed by atoms with Crippen LogP contribution in [-0.2, 0) is 9.59 Å². The molecule has 1 saturated heterocycles. The molecule has 4 rings (SSSR count). The molecular formula is C26H25F2N3O3. The monoisotopic (exact) mass is 465 g/mol. The average Bonchev–Trinajstić information content (AvgIpc) is 2.87. The maximum Gasteiger partial charge on any atom is 0.254 e. The molecule has 3 amide bonds. The van der Waals surface area contributed by atoms with Gasteiger partial charge < -0.3 is 15.5 Å². The zero-order valence-corrected chi connectivity index (χ0v) is 18.7. The Hall–Kier alpha value is -3.81. The molecule has 1 unspecified atom stereocenters. The highest BCUT2D eigenvalue weighted by Crippen LogP contribution is 2.25. The summed E-state index contributed by atoms with van der Waals surface area (Å²) < 4.78 is 27.0. The first-order valence-electron chi connectivity index (χ1n) is 11.1. The van der Waals surface area contributed by atoms with Crippen molar-refractivity contribution in [2.24, 2.45) is 5.92 Å². The van der Waals surface area contributed by atoms with Crippen molar-refractivity contribution >= 4 is 28.5 Å². The number of halogens is 2. The van der Waals surface area contributed by atoms with Gasteiger partial charge in [0, 0.05) is 31.6 Å². The Balaban J connectivity index is 1.42. The van der Waals surface area contributed by atoms with Gasteiger partial charge in [0.2, 0.25) is 11.8 Å². The maximum absolute atomic E-state index is 13.7. The van der Waals surface area contributed by atoms with Gasteiger partial charge in [-0.1, -0.05) is 42.5 Å². The molecule has 1 atom stereocenters. The van der Waals surface area contributed by atoms with E-state index in [1.54, 1.807) is 11.0 Å². The third-order valence-electron chi connectivity index (χ3n) is 6.25. The molecule has 1 aliphatic rings. The van der Waals surface area contributed by atoms with Gasteiger partial charge in [-0.2, -0.15) is 0 Å². The zero-order chi connectivity index (χ0) is 24.2. The topological polar surface area (TPSA) is 78.5 Å². The number of nitrogens with zero attached hydrogens (tertiary/aromatic N) is 1. The van der Waals surface area contributed by atoms with Crippen molar-refractivity contribution < 1.29 is 23.2 Å². The third-order valence-corrected chi connectivity index (χ3v) is 6.25. The molecule has 3 aromatic carbocycles. The van der Waals surface area contributed by atoms with E-state index in [2.05, 4.69) is 10.6 Å². The number of fused-ring (bicyclic) bond motifs is 1. The lowest BCUT2D eigenvalue weighted by Crippen LogP contribution is -2.46. The summed E-state index contributed by atoms with van der Waals surface area (Å²) >= 11 is 0. The van der Waals surface area contributed by atoms with Gasteiger partial charge in [0.25, 0.3) is 5.91 Å². The molecule has 0 bridgehead atoms. The number of carbonyl (C=O) groups excluding carboxylic acids is 3. The molecule has 0 saturated carbocycles. The first kappa shape index (κ1) is 23.4. The smallest absolute Gasteiger partial charge is 0.254 e. The van der Waals surface area contributed by atoms with Crippen molar-refractivity contribution in [1.82, 2.24) is 15.5 Å². The van der Waals surface area contributed by atoms with Crippen molar-refractivity contribution in [3.63, 3.8) is 0 Å². The molecule has 1 heterocycles. The third kappa shape index (κ3) is 4.76. The number of hydrogen-bond acceptors (Lipinski definition) is 3. The number of benzene rings is 3. The van der Waals surface area contributed by atoms with Crippen molar-refractivity contribution in [3.05, 3.63) is 83.4 Å². The molecule has 8 heteroatoms. The van der Waals surface area contributed by atoms with Gasteiger partial charge in [0.05, 0.1) is 0 Å². The number of nitrogens with one attached hydrogen (secondary N) is 2. The predicted molar refractivity (Wildman–Crippen MR) is 124 cm³/mol. The summed E-state index contributed by atoms with van der Waals surface area (Å²) in [5.41, 5.74) is 0.772. The Morgan fingerprint density at radius 1 is 0.941 bits per heavy atom. The summed E-state index contributed by atoms with van der Waals surface area (Å²) in [6, 6.07) is 15.2. The number of carbonyl (C=O) groups is 3. The molecule has 0 aliphatic carbocycles. The molecule has 1 aliphatic heterocycles. The Morgan fingerprint density at radius 3 is 2.35 bits per heavy atom. The van der Waals surface area contributed by atoms with Gasteiger partial charge in [-0.3, -0.25) is 14.4 Å². The number of rotatable bonds is 5. The van der Waals surface area contributed by atoms with E-state index in [1.165, 1.54) is 13.1 Å². The number of likely N-dealkylation sites (tertiary alicyclic amines) is 1. The van der Waals surface area contributed by atoms with E-state index < -0.39 is 29.5 Å². The van der Waals surface area contributed by atoms with Gasteiger partial charge in [-0.25, -0.2) is 8.78 Å². The molecule has 0 aromatic heterocycles. The Morgan fingerprint density at radius 2 is 1.65 bits per heavy atom. The quantitative estimate of drug-likeness (QED) is 0.605. The van der Waals surface area contributed by atoms with E-state index in [9.17, 15) is 23.2 Å². The van der Waals surface area contributed by atoms with Gasteiger partial charge in [0.15, 0.2) is 11.6 Å². The highest BCUT2D eigenvalue weighted by Gasteiger charge is 2.31. The van der Waals surface area contributed by atoms with E-state index in [1.807, 2.05) is 36.4 Å². The van der Waals surface area contributed by atoms with E-state index in [0.29, 0.717) is 31.5 Å². The van der Waals surface area contributed by atoms with E-state index in [4.69, 9.17) is 0 Å². The fourth-order valence-corrected chi connectivity index (χ4v) is 4.32. The first-order valence-corrected chi connectivity index (χ1v) is 11.1. The van der Waals surface area contributed by atoms with Crippen LogP contribution in [-0.4, -0.2) is 42.8 Å². The van der Waals surface area contributed by atoms with Crippen LogP contribution in [0.25, 0.3) is 10.8 Å². The highest BCUT2D eigenvalue weighted by molar-refractivity contribution is 6.07. The van der Waals surface area contributed by atoms with Crippen LogP contribution in [0.5, 0.6) is 0 Å². The van der Waals surface area contributed by atoms with Gasteiger partial charge >= 0.3 is 0 Å². The van der Waals surface area contributed by atoms with Crippen LogP contribution in [0.1, 0.15) is 34.8 Å². The van der Waals surface area contributed by atoms with Gasteiger partial charge in [0.1, 0.15) is 6.04 Å². The molecular weight excluding hydrogens is 440 g/mol. The molecule has 3 aromatic rings. The van der Waals surface area contributed by atoms with Crippen LogP contribution < -0.4 is 10.6 Å². The fourth-order valence-electron chi connectivity index (χ4n) is 4.32. The first-order chi connectivity index (χ1) is 16.4. The molecule has 0 spiro atoms. The predicted octanol–water partition coefficient (Wildman–Crippen LogP) is 3.57. The minimum absolute atomic E-state index is 0.0827. The van der Waals surface area contributed by atoms with Crippen molar-refractivity contribution in [2.45, 2.75) is 18.9 Å². The zero-order valence-electron chi connectivity index (χ0n) is 18.7. The number of hydrogen-bond donors (Lipinski definition) is 2. The van der Waals surface area contributed by atoms with Crippen molar-refractivity contribution in [2.75, 3.05) is 20.1 Å². The van der Waals surface area contributed by atoms with Crippen LogP contribution in [0.4, 0.5) is 8.78 Å². The standard InChI is InChI=1S/C26H25F2N3O3/c1-29-25(33)23(18-9-10-21(27)22(28)15-18)30-24(32)17-11-13-31(14-12-17)26(34)20-8-4-6-16-5-2-3-7-19(16)20/h2-10,15,17,23H,11-14H2,1H3,(H,29,33)(H,30,32). The second-order valence-electron chi connectivity index (χ2n) is 8.32. The second kappa shape index (κ2) is 9.99.